The van der Waals surface area contributed by atoms with E-state index >= 15 is 0 Å². The van der Waals surface area contributed by atoms with Gasteiger partial charge in [0.25, 0.3) is 0 Å². The van der Waals surface area contributed by atoms with Crippen molar-refractivity contribution in [3.8, 4) is 11.5 Å². The van der Waals surface area contributed by atoms with E-state index in [0.717, 1.165) is 4.68 Å². The Balaban J connectivity index is 1.62. The summed E-state index contributed by atoms with van der Waals surface area (Å²) in [5, 5.41) is 3.94. The second-order valence-corrected chi connectivity index (χ2v) is 4.86. The van der Waals surface area contributed by atoms with Crippen molar-refractivity contribution in [1.82, 2.24) is 14.8 Å². The summed E-state index contributed by atoms with van der Waals surface area (Å²) in [7, 11) is 0. The van der Waals surface area contributed by atoms with E-state index in [9.17, 15) is 14.4 Å². The number of nitrogens with zero attached hydrogens (tertiary/aromatic N) is 2. The van der Waals surface area contributed by atoms with Crippen LogP contribution < -0.4 is 5.76 Å². The van der Waals surface area contributed by atoms with E-state index in [2.05, 4.69) is 10.1 Å². The van der Waals surface area contributed by atoms with Crippen LogP contribution in [0, 0.1) is 0 Å². The van der Waals surface area contributed by atoms with Crippen molar-refractivity contribution in [2.24, 2.45) is 0 Å². The van der Waals surface area contributed by atoms with Crippen LogP contribution in [0.4, 0.5) is 0 Å². The Kier molecular flexibility index (Phi) is 4.37. The number of carbonyl (C=O) groups excluding carboxylic acids is 2. The molecule has 0 amide bonds. The van der Waals surface area contributed by atoms with E-state index < -0.39 is 24.9 Å². The van der Waals surface area contributed by atoms with Crippen molar-refractivity contribution in [1.29, 1.82) is 0 Å². The van der Waals surface area contributed by atoms with E-state index in [0.29, 0.717) is 11.3 Å². The molecule has 0 unspecified atom stereocenters. The summed E-state index contributed by atoms with van der Waals surface area (Å²) in [4.78, 5) is 37.9. The van der Waals surface area contributed by atoms with Crippen LogP contribution in [0.2, 0.25) is 0 Å². The molecule has 0 aliphatic rings. The summed E-state index contributed by atoms with van der Waals surface area (Å²) in [6, 6.07) is 12.0. The van der Waals surface area contributed by atoms with Gasteiger partial charge in [0.2, 0.25) is 11.7 Å². The fourth-order valence-electron chi connectivity index (χ4n) is 2.00. The maximum absolute atomic E-state index is 11.8. The molecule has 0 fully saturated rings. The van der Waals surface area contributed by atoms with Gasteiger partial charge in [-0.25, -0.2) is 4.79 Å². The number of nitrogens with one attached hydrogen (secondary N) is 1. The van der Waals surface area contributed by atoms with Crippen LogP contribution in [0.3, 0.4) is 0 Å². The molecule has 0 atom stereocenters. The minimum Gasteiger partial charge on any atom is -0.456 e. The van der Waals surface area contributed by atoms with E-state index in [1.165, 1.54) is 0 Å². The lowest BCUT2D eigenvalue weighted by molar-refractivity contribution is -0.143. The molecule has 0 bridgehead atoms. The van der Waals surface area contributed by atoms with E-state index in [4.69, 9.17) is 9.15 Å². The number of ether oxygens (including phenoxy) is 1. The zero-order chi connectivity index (χ0) is 16.9. The van der Waals surface area contributed by atoms with Crippen LogP contribution in [-0.4, -0.2) is 33.1 Å². The molecule has 0 aliphatic carbocycles. The first-order chi connectivity index (χ1) is 11.6. The third-order valence-electron chi connectivity index (χ3n) is 3.17. The van der Waals surface area contributed by atoms with Gasteiger partial charge in [0.15, 0.2) is 6.61 Å². The number of hydrogen-bond acceptors (Lipinski definition) is 6. The molecular weight excluding hydrogens is 314 g/mol. The van der Waals surface area contributed by atoms with Crippen molar-refractivity contribution in [3.05, 3.63) is 64.9 Å². The van der Waals surface area contributed by atoms with Crippen LogP contribution in [0.1, 0.15) is 10.5 Å². The van der Waals surface area contributed by atoms with Gasteiger partial charge >= 0.3 is 11.7 Å². The standard InChI is InChI=1S/C16H13N3O5/c20-13(12-7-4-8-17-12)10-23-14(21)9-19-16(22)24-15(18-19)11-5-2-1-3-6-11/h1-8,17H,9-10H2. The monoisotopic (exact) mass is 327 g/mol. The van der Waals surface area contributed by atoms with Crippen molar-refractivity contribution in [2.75, 3.05) is 6.61 Å². The maximum Gasteiger partial charge on any atom is 0.437 e. The molecule has 1 aromatic carbocycles. The number of aromatic nitrogens is 3. The molecule has 3 rings (SSSR count). The highest BCUT2D eigenvalue weighted by atomic mass is 16.5. The molecule has 1 N–H and O–H groups in total. The minimum absolute atomic E-state index is 0.107. The zero-order valence-electron chi connectivity index (χ0n) is 12.5. The summed E-state index contributed by atoms with van der Waals surface area (Å²) in [5.74, 6) is -1.80. The Morgan fingerprint density at radius 3 is 2.67 bits per heavy atom. The third-order valence-corrected chi connectivity index (χ3v) is 3.17. The normalized spacial score (nSPS) is 10.5. The van der Waals surface area contributed by atoms with Crippen LogP contribution in [0.15, 0.2) is 57.9 Å². The van der Waals surface area contributed by atoms with Gasteiger partial charge in [0.1, 0.15) is 6.54 Å². The SMILES string of the molecule is O=C(Cn1nc(-c2ccccc2)oc1=O)OCC(=O)c1ccc[nH]1. The first-order valence-corrected chi connectivity index (χ1v) is 7.09. The molecular formula is C16H13N3O5. The Hall–Kier alpha value is -3.42. The predicted octanol–water partition coefficient (Wildman–Crippen LogP) is 1.26. The van der Waals surface area contributed by atoms with Crippen LogP contribution in [0.5, 0.6) is 0 Å². The van der Waals surface area contributed by atoms with Gasteiger partial charge in [-0.15, -0.1) is 5.10 Å². The summed E-state index contributed by atoms with van der Waals surface area (Å²) < 4.78 is 10.7. The largest absolute Gasteiger partial charge is 0.456 e. The highest BCUT2D eigenvalue weighted by molar-refractivity contribution is 5.96. The molecule has 24 heavy (non-hydrogen) atoms. The molecule has 0 radical (unpaired) electrons. The van der Waals surface area contributed by atoms with Gasteiger partial charge in [-0.2, -0.15) is 4.68 Å². The second-order valence-electron chi connectivity index (χ2n) is 4.86. The van der Waals surface area contributed by atoms with E-state index in [1.54, 1.807) is 42.6 Å². The van der Waals surface area contributed by atoms with Gasteiger partial charge in [0, 0.05) is 11.8 Å². The first-order valence-electron chi connectivity index (χ1n) is 7.09. The number of hydrogen-bond donors (Lipinski definition) is 1. The minimum atomic E-state index is -0.776. The number of aromatic amines is 1. The van der Waals surface area contributed by atoms with E-state index in [1.807, 2.05) is 6.07 Å². The van der Waals surface area contributed by atoms with Crippen molar-refractivity contribution >= 4 is 11.8 Å². The predicted molar refractivity (Wildman–Crippen MR) is 82.3 cm³/mol. The number of benzene rings is 1. The lowest BCUT2D eigenvalue weighted by Gasteiger charge is -2.02. The highest BCUT2D eigenvalue weighted by Crippen LogP contribution is 2.13. The van der Waals surface area contributed by atoms with Crippen molar-refractivity contribution in [3.63, 3.8) is 0 Å². The number of H-pyrrole nitrogens is 1. The number of ketones is 1. The molecule has 0 saturated heterocycles. The number of rotatable bonds is 6. The van der Waals surface area contributed by atoms with Crippen LogP contribution in [0.25, 0.3) is 11.5 Å². The molecule has 0 saturated carbocycles. The number of Topliss-reactive ketones (excluding diaryl/α,β-unsaturated/α-hetero) is 1. The Bertz CT molecular complexity index is 893. The fourth-order valence-corrected chi connectivity index (χ4v) is 2.00. The molecule has 0 spiro atoms. The smallest absolute Gasteiger partial charge is 0.437 e. The molecule has 2 heterocycles. The summed E-state index contributed by atoms with van der Waals surface area (Å²) >= 11 is 0. The molecule has 3 aromatic rings. The first kappa shape index (κ1) is 15.5. The average Bonchev–Trinajstić information content (AvgIpc) is 3.24. The molecule has 8 nitrogen and oxygen atoms in total. The van der Waals surface area contributed by atoms with Gasteiger partial charge in [-0.05, 0) is 24.3 Å². The molecule has 122 valence electrons. The van der Waals surface area contributed by atoms with Gasteiger partial charge in [-0.3, -0.25) is 9.59 Å². The lowest BCUT2D eigenvalue weighted by atomic mass is 10.2. The lowest BCUT2D eigenvalue weighted by Crippen LogP contribution is -2.24. The second kappa shape index (κ2) is 6.78. The van der Waals surface area contributed by atoms with Crippen LogP contribution >= 0.6 is 0 Å². The number of esters is 1. The highest BCUT2D eigenvalue weighted by Gasteiger charge is 2.15. The maximum atomic E-state index is 11.8. The van der Waals surface area contributed by atoms with Crippen LogP contribution in [-0.2, 0) is 16.1 Å². The summed E-state index contributed by atoms with van der Waals surface area (Å²) in [6.45, 7) is -0.856. The van der Waals surface area contributed by atoms with Gasteiger partial charge < -0.3 is 14.1 Å². The quantitative estimate of drug-likeness (QED) is 0.539. The van der Waals surface area contributed by atoms with Gasteiger partial charge in [-0.1, -0.05) is 18.2 Å². The molecule has 0 aliphatic heterocycles. The fraction of sp³-hybridized carbons (Fsp3) is 0.125. The Labute approximate surface area is 135 Å². The molecule has 8 heteroatoms. The third kappa shape index (κ3) is 3.49. The average molecular weight is 327 g/mol. The summed E-state index contributed by atoms with van der Waals surface area (Å²) in [5.41, 5.74) is 0.955. The zero-order valence-corrected chi connectivity index (χ0v) is 12.5. The number of carbonyl (C=O) groups is 2. The Morgan fingerprint density at radius 2 is 1.96 bits per heavy atom. The van der Waals surface area contributed by atoms with Gasteiger partial charge in [0.05, 0.1) is 5.69 Å². The van der Waals surface area contributed by atoms with E-state index in [-0.39, 0.29) is 11.7 Å². The summed E-state index contributed by atoms with van der Waals surface area (Å²) in [6.07, 6.45) is 1.59. The molecule has 2 aromatic heterocycles. The van der Waals surface area contributed by atoms with Crippen molar-refractivity contribution < 1.29 is 18.7 Å². The topological polar surface area (TPSA) is 107 Å². The van der Waals surface area contributed by atoms with Crippen molar-refractivity contribution in [2.45, 2.75) is 6.54 Å². The Morgan fingerprint density at radius 1 is 1.17 bits per heavy atom.